The lowest BCUT2D eigenvalue weighted by molar-refractivity contribution is 1.30. The molecule has 3 heteroatoms. The highest BCUT2D eigenvalue weighted by Gasteiger charge is 2.05. The van der Waals surface area contributed by atoms with Crippen LogP contribution in [0.2, 0.25) is 0 Å². The van der Waals surface area contributed by atoms with Crippen LogP contribution in [-0.2, 0) is 0 Å². The molecule has 3 aromatic rings. The number of aromatic nitrogens is 1. The molecule has 1 radical (unpaired) electrons. The first-order chi connectivity index (χ1) is 8.74. The van der Waals surface area contributed by atoms with Crippen LogP contribution in [0.5, 0.6) is 0 Å². The number of H-pyrrole nitrogens is 1. The van der Waals surface area contributed by atoms with E-state index in [0.29, 0.717) is 11.2 Å². The third-order valence-electron chi connectivity index (χ3n) is 2.93. The largest absolute Gasteiger partial charge is 0.322 e. The Bertz CT molecular complexity index is 760. The molecular weight excluding hydrogens is 224 g/mol. The molecule has 0 saturated carbocycles. The van der Waals surface area contributed by atoms with Crippen LogP contribution < -0.4 is 11.3 Å². The molecule has 0 unspecified atom stereocenters. The predicted molar refractivity (Wildman–Crippen MR) is 72.8 cm³/mol. The van der Waals surface area contributed by atoms with E-state index >= 15 is 0 Å². The van der Waals surface area contributed by atoms with Crippen LogP contribution in [0.4, 0.5) is 5.69 Å². The summed E-state index contributed by atoms with van der Waals surface area (Å²) in [6.07, 6.45) is 0. The molecule has 0 aliphatic carbocycles. The standard InChI is InChI=1S/C15H11N2O/c16-11-6-7-12-13(10-4-2-1-3-5-10)9-15(18)17-14(12)8-11/h1-9,16H,(H,17,18). The van der Waals surface area contributed by atoms with Gasteiger partial charge in [0, 0.05) is 11.5 Å². The molecule has 0 atom stereocenters. The van der Waals surface area contributed by atoms with E-state index in [1.165, 1.54) is 0 Å². The van der Waals surface area contributed by atoms with Crippen LogP contribution in [0.25, 0.3) is 22.0 Å². The Morgan fingerprint density at radius 2 is 1.72 bits per heavy atom. The summed E-state index contributed by atoms with van der Waals surface area (Å²) in [5.41, 5.74) is 10.5. The number of rotatable bonds is 1. The van der Waals surface area contributed by atoms with Gasteiger partial charge in [0.15, 0.2) is 0 Å². The normalized spacial score (nSPS) is 10.7. The SMILES string of the molecule is [NH]c1ccc2c(-c3ccccc3)cc(=O)[nH]c2c1. The average Bonchev–Trinajstić information content (AvgIpc) is 2.38. The summed E-state index contributed by atoms with van der Waals surface area (Å²) in [5, 5.41) is 0.955. The van der Waals surface area contributed by atoms with Crippen molar-refractivity contribution in [1.29, 1.82) is 0 Å². The number of fused-ring (bicyclic) bond motifs is 1. The van der Waals surface area contributed by atoms with Crippen molar-refractivity contribution in [2.45, 2.75) is 0 Å². The van der Waals surface area contributed by atoms with Gasteiger partial charge in [0.25, 0.3) is 0 Å². The average molecular weight is 235 g/mol. The second kappa shape index (κ2) is 4.04. The lowest BCUT2D eigenvalue weighted by Crippen LogP contribution is -2.04. The molecule has 0 spiro atoms. The topological polar surface area (TPSA) is 56.7 Å². The van der Waals surface area contributed by atoms with Crippen LogP contribution >= 0.6 is 0 Å². The number of nitrogens with one attached hydrogen (secondary N) is 2. The molecule has 1 aromatic heterocycles. The van der Waals surface area contributed by atoms with E-state index in [2.05, 4.69) is 4.98 Å². The number of benzene rings is 2. The molecule has 0 aliphatic rings. The minimum Gasteiger partial charge on any atom is -0.322 e. The van der Waals surface area contributed by atoms with Crippen LogP contribution in [0, 0.1) is 0 Å². The second-order valence-electron chi connectivity index (χ2n) is 4.17. The fourth-order valence-electron chi connectivity index (χ4n) is 2.12. The molecule has 2 aromatic carbocycles. The minimum atomic E-state index is -0.146. The zero-order valence-corrected chi connectivity index (χ0v) is 9.60. The van der Waals surface area contributed by atoms with Crippen molar-refractivity contribution < 1.29 is 0 Å². The molecule has 3 rings (SSSR count). The summed E-state index contributed by atoms with van der Waals surface area (Å²) in [7, 11) is 0. The van der Waals surface area contributed by atoms with E-state index in [0.717, 1.165) is 16.5 Å². The van der Waals surface area contributed by atoms with Gasteiger partial charge in [-0.3, -0.25) is 4.79 Å². The summed E-state index contributed by atoms with van der Waals surface area (Å²) in [4.78, 5) is 14.4. The monoisotopic (exact) mass is 235 g/mol. The van der Waals surface area contributed by atoms with Gasteiger partial charge in [-0.15, -0.1) is 0 Å². The summed E-state index contributed by atoms with van der Waals surface area (Å²) >= 11 is 0. The molecule has 0 saturated heterocycles. The Morgan fingerprint density at radius 3 is 2.50 bits per heavy atom. The summed E-state index contributed by atoms with van der Waals surface area (Å²) < 4.78 is 0. The van der Waals surface area contributed by atoms with Crippen molar-refractivity contribution >= 4 is 16.6 Å². The highest BCUT2D eigenvalue weighted by atomic mass is 16.1. The van der Waals surface area contributed by atoms with Gasteiger partial charge < -0.3 is 10.7 Å². The van der Waals surface area contributed by atoms with Crippen molar-refractivity contribution in [2.24, 2.45) is 0 Å². The molecule has 0 bridgehead atoms. The summed E-state index contributed by atoms with van der Waals surface area (Å²) in [6.45, 7) is 0. The van der Waals surface area contributed by atoms with E-state index < -0.39 is 0 Å². The van der Waals surface area contributed by atoms with Gasteiger partial charge in [0.2, 0.25) is 5.56 Å². The fourth-order valence-corrected chi connectivity index (χ4v) is 2.12. The molecule has 87 valence electrons. The van der Waals surface area contributed by atoms with E-state index in [4.69, 9.17) is 5.73 Å². The summed E-state index contributed by atoms with van der Waals surface area (Å²) in [5.74, 6) is 0. The van der Waals surface area contributed by atoms with Gasteiger partial charge in [-0.1, -0.05) is 36.4 Å². The lowest BCUT2D eigenvalue weighted by atomic mass is 10.0. The van der Waals surface area contributed by atoms with Gasteiger partial charge >= 0.3 is 0 Å². The minimum absolute atomic E-state index is 0.146. The van der Waals surface area contributed by atoms with Crippen molar-refractivity contribution in [1.82, 2.24) is 10.7 Å². The van der Waals surface area contributed by atoms with E-state index in [1.807, 2.05) is 36.4 Å². The van der Waals surface area contributed by atoms with E-state index in [1.54, 1.807) is 18.2 Å². The second-order valence-corrected chi connectivity index (χ2v) is 4.17. The Kier molecular flexibility index (Phi) is 2.38. The van der Waals surface area contributed by atoms with Crippen molar-refractivity contribution in [3.8, 4) is 11.1 Å². The first-order valence-electron chi connectivity index (χ1n) is 5.68. The highest BCUT2D eigenvalue weighted by molar-refractivity contribution is 5.95. The quantitative estimate of drug-likeness (QED) is 0.692. The fraction of sp³-hybridized carbons (Fsp3) is 0. The van der Waals surface area contributed by atoms with E-state index in [9.17, 15) is 4.79 Å². The third-order valence-corrected chi connectivity index (χ3v) is 2.93. The number of aromatic amines is 1. The molecule has 2 N–H and O–H groups in total. The Labute approximate surface area is 104 Å². The third kappa shape index (κ3) is 1.76. The molecule has 3 nitrogen and oxygen atoms in total. The Balaban J connectivity index is 2.39. The number of pyridine rings is 1. The van der Waals surface area contributed by atoms with Crippen LogP contribution in [-0.4, -0.2) is 4.98 Å². The van der Waals surface area contributed by atoms with Gasteiger partial charge in [0.1, 0.15) is 0 Å². The van der Waals surface area contributed by atoms with E-state index in [-0.39, 0.29) is 5.56 Å². The smallest absolute Gasteiger partial charge is 0.249 e. The maximum Gasteiger partial charge on any atom is 0.249 e. The number of hydrogen-bond donors (Lipinski definition) is 1. The van der Waals surface area contributed by atoms with Crippen molar-refractivity contribution in [3.63, 3.8) is 0 Å². The summed E-state index contributed by atoms with van der Waals surface area (Å²) in [6, 6.07) is 16.7. The molecular formula is C15H11N2O. The van der Waals surface area contributed by atoms with Crippen LogP contribution in [0.15, 0.2) is 59.4 Å². The molecule has 0 amide bonds. The molecule has 0 fully saturated rings. The Hall–Kier alpha value is -2.55. The Morgan fingerprint density at radius 1 is 0.944 bits per heavy atom. The maximum absolute atomic E-state index is 11.7. The molecule has 0 aliphatic heterocycles. The molecule has 1 heterocycles. The predicted octanol–water partition coefficient (Wildman–Crippen LogP) is 3.11. The van der Waals surface area contributed by atoms with Gasteiger partial charge in [-0.25, -0.2) is 0 Å². The van der Waals surface area contributed by atoms with Crippen molar-refractivity contribution in [2.75, 3.05) is 0 Å². The first-order valence-corrected chi connectivity index (χ1v) is 5.68. The number of hydrogen-bond acceptors (Lipinski definition) is 1. The zero-order valence-electron chi connectivity index (χ0n) is 9.60. The maximum atomic E-state index is 11.7. The zero-order chi connectivity index (χ0) is 12.5. The first kappa shape index (κ1) is 10.6. The van der Waals surface area contributed by atoms with Gasteiger partial charge in [-0.05, 0) is 23.3 Å². The lowest BCUT2D eigenvalue weighted by Gasteiger charge is -2.06. The van der Waals surface area contributed by atoms with Gasteiger partial charge in [0.05, 0.1) is 11.2 Å². The van der Waals surface area contributed by atoms with Crippen LogP contribution in [0.1, 0.15) is 0 Å². The van der Waals surface area contributed by atoms with Crippen LogP contribution in [0.3, 0.4) is 0 Å². The highest BCUT2D eigenvalue weighted by Crippen LogP contribution is 2.27. The van der Waals surface area contributed by atoms with Gasteiger partial charge in [-0.2, -0.15) is 0 Å². The van der Waals surface area contributed by atoms with Crippen molar-refractivity contribution in [3.05, 3.63) is 65.0 Å². The molecule has 18 heavy (non-hydrogen) atoms.